The van der Waals surface area contributed by atoms with Crippen molar-refractivity contribution in [2.75, 3.05) is 26.2 Å². The van der Waals surface area contributed by atoms with Crippen molar-refractivity contribution in [3.05, 3.63) is 82.1 Å². The molecular weight excluding hydrogens is 1070 g/mol. The number of aromatic nitrogens is 6. The van der Waals surface area contributed by atoms with Crippen molar-refractivity contribution in [2.24, 2.45) is 29.6 Å². The number of aryl methyl sites for hydroxylation is 4. The molecule has 0 atom stereocenters. The van der Waals surface area contributed by atoms with Gasteiger partial charge >= 0.3 is 58.4 Å². The number of rotatable bonds is 18. The first kappa shape index (κ1) is 61.8. The SMILES string of the molecule is CC(=O)CC1CCN(C(=O)c2ccn(CCC3CCC(Oc4ncccc4C)CC3)n2)CC1.CC(=O)CC1CCN(C(=O)c2nn(CCC3CCC(Oc4ncccc4C)CC3)cc2Br)CC1.F[B-](F)(F)CC1CC1.[K+]. The quantitative estimate of drug-likeness (QED) is 0.0883. The van der Waals surface area contributed by atoms with Crippen molar-refractivity contribution >= 4 is 46.3 Å². The molecule has 0 N–H and O–H groups in total. The van der Waals surface area contributed by atoms with Crippen molar-refractivity contribution in [1.82, 2.24) is 39.3 Å². The summed E-state index contributed by atoms with van der Waals surface area (Å²) in [6, 6.07) is 9.78. The number of carbonyl (C=O) groups excluding carboxylic acids is 4. The number of likely N-dealkylation sites (tertiary alicyclic amines) is 2. The summed E-state index contributed by atoms with van der Waals surface area (Å²) in [4.78, 5) is 61.0. The first-order valence-electron chi connectivity index (χ1n) is 27.7. The molecule has 2 saturated heterocycles. The minimum absolute atomic E-state index is 0. The monoisotopic (exact) mass is 1140 g/mol. The van der Waals surface area contributed by atoms with E-state index in [1.165, 1.54) is 0 Å². The van der Waals surface area contributed by atoms with Crippen molar-refractivity contribution < 1.29 is 93.0 Å². The van der Waals surface area contributed by atoms with Crippen molar-refractivity contribution in [1.29, 1.82) is 0 Å². The van der Waals surface area contributed by atoms with E-state index in [9.17, 15) is 32.1 Å². The first-order valence-corrected chi connectivity index (χ1v) is 28.4. The molecule has 6 heterocycles. The molecule has 2 amide bonds. The van der Waals surface area contributed by atoms with Crippen LogP contribution in [0.3, 0.4) is 0 Å². The largest absolute Gasteiger partial charge is 1.00 e. The zero-order chi connectivity index (χ0) is 53.5. The number of hydrogen-bond donors (Lipinski definition) is 0. The number of nitrogens with zero attached hydrogens (tertiary/aromatic N) is 8. The number of ether oxygens (including phenoxy) is 2. The third kappa shape index (κ3) is 20.3. The Balaban J connectivity index is 0.000000212. The van der Waals surface area contributed by atoms with E-state index < -0.39 is 13.3 Å². The van der Waals surface area contributed by atoms with Crippen molar-refractivity contribution in [3.63, 3.8) is 0 Å². The molecule has 4 aromatic heterocycles. The number of hydrogen-bond acceptors (Lipinski definition) is 10. The molecule has 0 spiro atoms. The summed E-state index contributed by atoms with van der Waals surface area (Å²) in [5.41, 5.74) is 3.19. The summed E-state index contributed by atoms with van der Waals surface area (Å²) >= 11 is 3.54. The minimum atomic E-state index is -4.47. The van der Waals surface area contributed by atoms with Crippen LogP contribution >= 0.6 is 15.9 Å². The summed E-state index contributed by atoms with van der Waals surface area (Å²) in [6.45, 7) is 7.35. The smallest absolute Gasteiger partial charge is 0.474 e. The van der Waals surface area contributed by atoms with Gasteiger partial charge in [-0.25, -0.2) is 9.97 Å². The van der Waals surface area contributed by atoms with Crippen LogP contribution in [-0.2, 0) is 22.7 Å². The fourth-order valence-electron chi connectivity index (χ4n) is 11.0. The zero-order valence-electron chi connectivity index (χ0n) is 45.5. The zero-order valence-corrected chi connectivity index (χ0v) is 50.2. The second kappa shape index (κ2) is 30.2. The van der Waals surface area contributed by atoms with Crippen LogP contribution in [0.2, 0.25) is 6.32 Å². The number of halogens is 4. The molecule has 5 fully saturated rings. The number of piperidine rings is 2. The number of Topliss-reactive ketones (excluding diaryl/α,β-unsaturated/α-hetero) is 2. The fraction of sp³-hybridized carbons (Fsp3) is 0.643. The number of carbonyl (C=O) groups is 4. The van der Waals surface area contributed by atoms with Crippen LogP contribution in [0.1, 0.15) is 162 Å². The van der Waals surface area contributed by atoms with Gasteiger partial charge in [-0.05, 0) is 175 Å². The van der Waals surface area contributed by atoms with Crippen molar-refractivity contribution in [2.45, 2.75) is 175 Å². The second-order valence-corrected chi connectivity index (χ2v) is 22.9. The topological polar surface area (TPSA) is 155 Å². The Bertz CT molecular complexity index is 2480. The standard InChI is InChI=1S/C26H35BrN4O3.C26H36N4O3.C4H7BF3.K/c1-18-4-3-12-28-25(18)34-22-7-5-20(6-8-22)11-15-31-17-23(27)24(29-31)26(33)30-13-9-21(10-14-30)16-19(2)32;1-19-4-3-13-27-25(19)33-23-7-5-21(6-8-23)11-16-30-17-12-24(28-30)26(32)29-14-9-22(10-15-29)18-20(2)31;6-5(7,8)3-4-1-2-4;/h3-4,12,17,20-22H,5-11,13-16H2,1-2H3;3-4,12-13,17,21-23H,5-11,14-16,18H2,1-2H3;4H,1-3H2;/q;;-1;+1. The van der Waals surface area contributed by atoms with Crippen LogP contribution in [0.5, 0.6) is 11.8 Å². The molecular formula is C56H78BBrF3KN8O6. The normalized spacial score (nSPS) is 21.3. The van der Waals surface area contributed by atoms with Gasteiger partial charge in [-0.3, -0.25) is 19.0 Å². The molecule has 3 saturated carbocycles. The van der Waals surface area contributed by atoms with Gasteiger partial charge in [-0.2, -0.15) is 10.2 Å². The van der Waals surface area contributed by atoms with E-state index in [4.69, 9.17) is 9.47 Å². The molecule has 0 unspecified atom stereocenters. The second-order valence-electron chi connectivity index (χ2n) is 22.1. The van der Waals surface area contributed by atoms with E-state index in [0.717, 1.165) is 143 Å². The maximum absolute atomic E-state index is 13.0. The van der Waals surface area contributed by atoms with Gasteiger partial charge < -0.3 is 41.8 Å². The Hall–Kier alpha value is -3.43. The third-order valence-corrected chi connectivity index (χ3v) is 16.2. The summed E-state index contributed by atoms with van der Waals surface area (Å²) < 4.78 is 51.1. The molecule has 2 aliphatic heterocycles. The summed E-state index contributed by atoms with van der Waals surface area (Å²) in [5.74, 6) is 4.10. The average molecular weight is 1150 g/mol. The third-order valence-electron chi connectivity index (χ3n) is 15.6. The molecule has 76 heavy (non-hydrogen) atoms. The summed E-state index contributed by atoms with van der Waals surface area (Å²) in [7, 11) is 0. The molecule has 14 nitrogen and oxygen atoms in total. The molecule has 0 aromatic carbocycles. The van der Waals surface area contributed by atoms with Gasteiger partial charge in [-0.15, -0.1) is 0 Å². The summed E-state index contributed by atoms with van der Waals surface area (Å²) in [6.07, 6.45) is 24.7. The Morgan fingerprint density at radius 1 is 0.605 bits per heavy atom. The van der Waals surface area contributed by atoms with Crippen molar-refractivity contribution in [3.8, 4) is 11.8 Å². The van der Waals surface area contributed by atoms with Gasteiger partial charge in [-0.1, -0.05) is 37.2 Å². The van der Waals surface area contributed by atoms with Crippen LogP contribution in [0, 0.1) is 43.4 Å². The molecule has 3 aliphatic carbocycles. The molecule has 9 rings (SSSR count). The van der Waals surface area contributed by atoms with Gasteiger partial charge in [0.2, 0.25) is 11.8 Å². The number of ketones is 2. The molecule has 4 aromatic rings. The molecule has 410 valence electrons. The summed E-state index contributed by atoms with van der Waals surface area (Å²) in [5, 5.41) is 9.16. The van der Waals surface area contributed by atoms with Crippen LogP contribution in [0.15, 0.2) is 59.6 Å². The van der Waals surface area contributed by atoms with Gasteiger partial charge in [0, 0.05) is 88.0 Å². The van der Waals surface area contributed by atoms with E-state index >= 15 is 0 Å². The van der Waals surface area contributed by atoms with Crippen LogP contribution in [-0.4, -0.2) is 108 Å². The molecule has 0 radical (unpaired) electrons. The predicted octanol–water partition coefficient (Wildman–Crippen LogP) is 8.90. The Kier molecular flexibility index (Phi) is 24.6. The van der Waals surface area contributed by atoms with Crippen LogP contribution in [0.25, 0.3) is 0 Å². The maximum Gasteiger partial charge on any atom is 1.00 e. The van der Waals surface area contributed by atoms with E-state index in [-0.39, 0.29) is 92.9 Å². The Labute approximate surface area is 498 Å². The number of pyridine rings is 2. The molecule has 0 bridgehead atoms. The van der Waals surface area contributed by atoms with Crippen LogP contribution < -0.4 is 60.9 Å². The van der Waals surface area contributed by atoms with Gasteiger partial charge in [0.1, 0.15) is 29.5 Å². The average Bonchev–Trinajstić information content (AvgIpc) is 3.90. The fourth-order valence-corrected chi connectivity index (χ4v) is 11.5. The van der Waals surface area contributed by atoms with Gasteiger partial charge in [0.05, 0.1) is 4.47 Å². The maximum atomic E-state index is 13.0. The van der Waals surface area contributed by atoms with E-state index in [1.54, 1.807) is 26.2 Å². The van der Waals surface area contributed by atoms with E-state index in [2.05, 4.69) is 36.1 Å². The van der Waals surface area contributed by atoms with Gasteiger partial charge in [0.25, 0.3) is 11.8 Å². The van der Waals surface area contributed by atoms with Gasteiger partial charge in [0.15, 0.2) is 5.69 Å². The Morgan fingerprint density at radius 3 is 1.47 bits per heavy atom. The van der Waals surface area contributed by atoms with E-state index in [0.29, 0.717) is 74.1 Å². The molecule has 20 heteroatoms. The molecule has 5 aliphatic rings. The van der Waals surface area contributed by atoms with Crippen LogP contribution in [0.4, 0.5) is 12.9 Å². The predicted molar refractivity (Wildman–Crippen MR) is 287 cm³/mol. The first-order chi connectivity index (χ1) is 35.9. The van der Waals surface area contributed by atoms with E-state index in [1.807, 2.05) is 75.7 Å². The Morgan fingerprint density at radius 2 is 1.05 bits per heavy atom. The number of amides is 2. The minimum Gasteiger partial charge on any atom is -0.474 e.